The number of nitrogens with one attached hydrogen (secondary N) is 1. The molecule has 0 amide bonds. The highest BCUT2D eigenvalue weighted by atomic mass is 16.5. The number of rotatable bonds is 6. The van der Waals surface area contributed by atoms with Gasteiger partial charge in [-0.2, -0.15) is 0 Å². The Morgan fingerprint density at radius 2 is 1.89 bits per heavy atom. The van der Waals surface area contributed by atoms with Crippen molar-refractivity contribution in [2.75, 3.05) is 25.6 Å². The smallest absolute Gasteiger partial charge is 0.222 e. The zero-order valence-corrected chi connectivity index (χ0v) is 12.8. The Balaban J connectivity index is 2.68. The van der Waals surface area contributed by atoms with E-state index in [-0.39, 0.29) is 5.60 Å². The maximum atomic E-state index is 5.72. The van der Waals surface area contributed by atoms with Crippen LogP contribution in [0.1, 0.15) is 46.1 Å². The molecule has 0 bridgehead atoms. The summed E-state index contributed by atoms with van der Waals surface area (Å²) in [6.07, 6.45) is 1.51. The van der Waals surface area contributed by atoms with Gasteiger partial charge in [-0.1, -0.05) is 13.8 Å². The molecule has 5 nitrogen and oxygen atoms in total. The Kier molecular flexibility index (Phi) is 5.54. The van der Waals surface area contributed by atoms with Crippen LogP contribution in [-0.2, 0) is 4.74 Å². The number of hydrogen-bond acceptors (Lipinski definition) is 5. The van der Waals surface area contributed by atoms with E-state index in [1.807, 2.05) is 27.8 Å². The SMILES string of the molecule is CNc1ncnc(OCCOC(C)(C)C)c1C(C)C. The van der Waals surface area contributed by atoms with E-state index in [4.69, 9.17) is 9.47 Å². The van der Waals surface area contributed by atoms with E-state index < -0.39 is 0 Å². The average molecular weight is 267 g/mol. The second-order valence-electron chi connectivity index (χ2n) is 5.66. The largest absolute Gasteiger partial charge is 0.475 e. The summed E-state index contributed by atoms with van der Waals surface area (Å²) < 4.78 is 11.3. The third-order valence-electron chi connectivity index (χ3n) is 2.52. The molecule has 0 unspecified atom stereocenters. The molecular weight excluding hydrogens is 242 g/mol. The highest BCUT2D eigenvalue weighted by molar-refractivity contribution is 5.50. The van der Waals surface area contributed by atoms with E-state index >= 15 is 0 Å². The molecule has 0 aliphatic carbocycles. The second kappa shape index (κ2) is 6.70. The normalized spacial score (nSPS) is 11.7. The minimum absolute atomic E-state index is 0.147. The second-order valence-corrected chi connectivity index (χ2v) is 5.66. The molecule has 0 saturated carbocycles. The fraction of sp³-hybridized carbons (Fsp3) is 0.714. The van der Waals surface area contributed by atoms with Gasteiger partial charge in [0, 0.05) is 7.05 Å². The van der Waals surface area contributed by atoms with Gasteiger partial charge in [-0.25, -0.2) is 9.97 Å². The minimum atomic E-state index is -0.147. The van der Waals surface area contributed by atoms with Crippen molar-refractivity contribution >= 4 is 5.82 Å². The van der Waals surface area contributed by atoms with Crippen LogP contribution < -0.4 is 10.1 Å². The molecule has 0 spiro atoms. The van der Waals surface area contributed by atoms with E-state index in [0.29, 0.717) is 25.0 Å². The summed E-state index contributed by atoms with van der Waals surface area (Å²) in [7, 11) is 1.85. The maximum Gasteiger partial charge on any atom is 0.222 e. The van der Waals surface area contributed by atoms with Gasteiger partial charge >= 0.3 is 0 Å². The third kappa shape index (κ3) is 5.03. The zero-order chi connectivity index (χ0) is 14.5. The highest BCUT2D eigenvalue weighted by Crippen LogP contribution is 2.29. The van der Waals surface area contributed by atoms with Gasteiger partial charge in [0.15, 0.2) is 0 Å². The van der Waals surface area contributed by atoms with E-state index in [2.05, 4.69) is 29.1 Å². The maximum absolute atomic E-state index is 5.72. The first kappa shape index (κ1) is 15.7. The molecule has 5 heteroatoms. The number of anilines is 1. The Morgan fingerprint density at radius 3 is 2.42 bits per heavy atom. The molecule has 1 aromatic rings. The zero-order valence-electron chi connectivity index (χ0n) is 12.8. The van der Waals surface area contributed by atoms with Crippen LogP contribution in [0.15, 0.2) is 6.33 Å². The predicted octanol–water partition coefficient (Wildman–Crippen LogP) is 2.84. The summed E-state index contributed by atoms with van der Waals surface area (Å²) in [6, 6.07) is 0. The molecule has 0 radical (unpaired) electrons. The van der Waals surface area contributed by atoms with Gasteiger partial charge in [-0.05, 0) is 26.7 Å². The topological polar surface area (TPSA) is 56.3 Å². The van der Waals surface area contributed by atoms with Gasteiger partial charge in [0.05, 0.1) is 17.8 Å². The van der Waals surface area contributed by atoms with Crippen LogP contribution in [0.4, 0.5) is 5.82 Å². The molecule has 1 aromatic heterocycles. The van der Waals surface area contributed by atoms with Crippen molar-refractivity contribution in [2.45, 2.75) is 46.1 Å². The van der Waals surface area contributed by atoms with E-state index in [1.54, 1.807) is 0 Å². The van der Waals surface area contributed by atoms with Crippen molar-refractivity contribution in [2.24, 2.45) is 0 Å². The Labute approximate surface area is 115 Å². The van der Waals surface area contributed by atoms with Crippen molar-refractivity contribution in [1.82, 2.24) is 9.97 Å². The van der Waals surface area contributed by atoms with Crippen molar-refractivity contribution in [3.05, 3.63) is 11.9 Å². The number of nitrogens with zero attached hydrogens (tertiary/aromatic N) is 2. The van der Waals surface area contributed by atoms with Crippen LogP contribution in [0, 0.1) is 0 Å². The quantitative estimate of drug-likeness (QED) is 0.803. The van der Waals surface area contributed by atoms with E-state index in [9.17, 15) is 0 Å². The lowest BCUT2D eigenvalue weighted by molar-refractivity contribution is -0.0169. The van der Waals surface area contributed by atoms with Crippen molar-refractivity contribution in [1.29, 1.82) is 0 Å². The number of aromatic nitrogens is 2. The Morgan fingerprint density at radius 1 is 1.21 bits per heavy atom. The van der Waals surface area contributed by atoms with Gasteiger partial charge in [-0.3, -0.25) is 0 Å². The predicted molar refractivity (Wildman–Crippen MR) is 76.9 cm³/mol. The van der Waals surface area contributed by atoms with Crippen LogP contribution >= 0.6 is 0 Å². The summed E-state index contributed by atoms with van der Waals surface area (Å²) in [5, 5.41) is 3.07. The first-order chi connectivity index (χ1) is 8.85. The van der Waals surface area contributed by atoms with Crippen molar-refractivity contribution in [3.63, 3.8) is 0 Å². The molecule has 0 atom stereocenters. The van der Waals surface area contributed by atoms with Gasteiger partial charge in [0.2, 0.25) is 5.88 Å². The van der Waals surface area contributed by atoms with Gasteiger partial charge in [0.25, 0.3) is 0 Å². The molecule has 0 fully saturated rings. The van der Waals surface area contributed by atoms with Crippen LogP contribution in [0.25, 0.3) is 0 Å². The van der Waals surface area contributed by atoms with E-state index in [1.165, 1.54) is 6.33 Å². The van der Waals surface area contributed by atoms with Gasteiger partial charge in [0.1, 0.15) is 18.8 Å². The molecule has 1 heterocycles. The molecule has 0 saturated heterocycles. The molecule has 1 N–H and O–H groups in total. The van der Waals surface area contributed by atoms with Crippen LogP contribution in [-0.4, -0.2) is 35.8 Å². The van der Waals surface area contributed by atoms with Crippen molar-refractivity contribution < 1.29 is 9.47 Å². The van der Waals surface area contributed by atoms with Crippen LogP contribution in [0.2, 0.25) is 0 Å². The van der Waals surface area contributed by atoms with Crippen LogP contribution in [0.3, 0.4) is 0 Å². The average Bonchev–Trinajstić information content (AvgIpc) is 2.32. The first-order valence-corrected chi connectivity index (χ1v) is 6.64. The Bertz CT molecular complexity index is 400. The van der Waals surface area contributed by atoms with Gasteiger partial charge in [-0.15, -0.1) is 0 Å². The lowest BCUT2D eigenvalue weighted by Crippen LogP contribution is -2.23. The summed E-state index contributed by atoms with van der Waals surface area (Å²) in [5.74, 6) is 1.74. The lowest BCUT2D eigenvalue weighted by Gasteiger charge is -2.20. The monoisotopic (exact) mass is 267 g/mol. The fourth-order valence-corrected chi connectivity index (χ4v) is 1.70. The molecule has 0 aliphatic rings. The third-order valence-corrected chi connectivity index (χ3v) is 2.52. The molecule has 19 heavy (non-hydrogen) atoms. The summed E-state index contributed by atoms with van der Waals surface area (Å²) in [4.78, 5) is 8.43. The highest BCUT2D eigenvalue weighted by Gasteiger charge is 2.16. The number of hydrogen-bond donors (Lipinski definition) is 1. The standard InChI is InChI=1S/C14H25N3O2/c1-10(2)11-12(15-6)16-9-17-13(11)18-7-8-19-14(3,4)5/h9-10H,7-8H2,1-6H3,(H,15,16,17). The Hall–Kier alpha value is -1.36. The summed E-state index contributed by atoms with van der Waals surface area (Å²) in [6.45, 7) is 11.3. The fourth-order valence-electron chi connectivity index (χ4n) is 1.70. The summed E-state index contributed by atoms with van der Waals surface area (Å²) >= 11 is 0. The number of ether oxygens (including phenoxy) is 2. The lowest BCUT2D eigenvalue weighted by atomic mass is 10.1. The molecular formula is C14H25N3O2. The van der Waals surface area contributed by atoms with Gasteiger partial charge < -0.3 is 14.8 Å². The molecule has 0 aromatic carbocycles. The first-order valence-electron chi connectivity index (χ1n) is 6.64. The molecule has 108 valence electrons. The van der Waals surface area contributed by atoms with E-state index in [0.717, 1.165) is 11.4 Å². The summed E-state index contributed by atoms with van der Waals surface area (Å²) in [5.41, 5.74) is 0.854. The molecule has 1 rings (SSSR count). The van der Waals surface area contributed by atoms with Crippen molar-refractivity contribution in [3.8, 4) is 5.88 Å². The van der Waals surface area contributed by atoms with Crippen LogP contribution in [0.5, 0.6) is 5.88 Å². The minimum Gasteiger partial charge on any atom is -0.475 e. The molecule has 0 aliphatic heterocycles.